The number of hydrogen-bond donors (Lipinski definition) is 3. The van der Waals surface area contributed by atoms with Gasteiger partial charge in [-0.2, -0.15) is 0 Å². The summed E-state index contributed by atoms with van der Waals surface area (Å²) in [4.78, 5) is 10.6. The lowest BCUT2D eigenvalue weighted by Gasteiger charge is -2.09. The summed E-state index contributed by atoms with van der Waals surface area (Å²) in [7, 11) is 0. The highest BCUT2D eigenvalue weighted by Crippen LogP contribution is 2.15. The monoisotopic (exact) mass is 244 g/mol. The Morgan fingerprint density at radius 2 is 2.06 bits per heavy atom. The summed E-state index contributed by atoms with van der Waals surface area (Å²) in [6.45, 7) is 1.40. The molecule has 0 saturated carbocycles. The Hall–Kier alpha value is -1.26. The van der Waals surface area contributed by atoms with E-state index in [1.807, 2.05) is 24.3 Å². The average molecular weight is 245 g/mol. The number of carbonyl (C=O) groups is 1. The highest BCUT2D eigenvalue weighted by molar-refractivity contribution is 5.85. The predicted octanol–water partition coefficient (Wildman–Crippen LogP) is 1.50. The lowest BCUT2D eigenvalue weighted by Crippen LogP contribution is -2.11. The van der Waals surface area contributed by atoms with Crippen LogP contribution >= 0.6 is 12.4 Å². The summed E-state index contributed by atoms with van der Waals surface area (Å²) in [5.41, 5.74) is 7.07. The highest BCUT2D eigenvalue weighted by atomic mass is 35.5. The minimum atomic E-state index is -0.817. The molecule has 0 heterocycles. The fraction of sp³-hybridized carbons (Fsp3) is 0.364. The lowest BCUT2D eigenvalue weighted by molar-refractivity contribution is -0.136. The molecule has 16 heavy (non-hydrogen) atoms. The van der Waals surface area contributed by atoms with Gasteiger partial charge in [-0.25, -0.2) is 0 Å². The lowest BCUT2D eigenvalue weighted by atomic mass is 10.1. The number of benzene rings is 1. The first-order chi connectivity index (χ1) is 7.24. The first-order valence-electron chi connectivity index (χ1n) is 4.97. The van der Waals surface area contributed by atoms with Gasteiger partial charge >= 0.3 is 5.97 Å². The van der Waals surface area contributed by atoms with Crippen molar-refractivity contribution < 1.29 is 9.90 Å². The number of para-hydroxylation sites is 1. The molecule has 4 nitrogen and oxygen atoms in total. The Bertz CT molecular complexity index is 332. The third-order valence-corrected chi connectivity index (χ3v) is 2.06. The summed E-state index contributed by atoms with van der Waals surface area (Å²) < 4.78 is 0. The zero-order valence-electron chi connectivity index (χ0n) is 8.98. The summed E-state index contributed by atoms with van der Waals surface area (Å²) in [5, 5.41) is 11.9. The van der Waals surface area contributed by atoms with Crippen molar-refractivity contribution in [3.8, 4) is 0 Å². The number of aliphatic carboxylic acids is 1. The van der Waals surface area contributed by atoms with Gasteiger partial charge in [0.2, 0.25) is 0 Å². The fourth-order valence-corrected chi connectivity index (χ4v) is 1.33. The van der Waals surface area contributed by atoms with Gasteiger partial charge < -0.3 is 16.2 Å². The molecular formula is C11H17ClN2O2. The smallest absolute Gasteiger partial charge is 0.307 e. The van der Waals surface area contributed by atoms with E-state index in [1.54, 1.807) is 0 Å². The van der Waals surface area contributed by atoms with Gasteiger partial charge in [-0.05, 0) is 24.6 Å². The fourth-order valence-electron chi connectivity index (χ4n) is 1.33. The van der Waals surface area contributed by atoms with Crippen LogP contribution in [-0.2, 0) is 11.2 Å². The molecule has 0 spiro atoms. The molecule has 0 atom stereocenters. The van der Waals surface area contributed by atoms with Gasteiger partial charge in [-0.1, -0.05) is 18.2 Å². The standard InChI is InChI=1S/C11H16N2O2.ClH/c12-6-3-7-13-10-5-2-1-4-9(10)8-11(14)15;/h1-2,4-5,13H,3,6-8,12H2,(H,14,15);1H. The molecule has 90 valence electrons. The van der Waals surface area contributed by atoms with E-state index in [1.165, 1.54) is 0 Å². The van der Waals surface area contributed by atoms with Crippen LogP contribution < -0.4 is 11.1 Å². The van der Waals surface area contributed by atoms with Crippen LogP contribution in [0.5, 0.6) is 0 Å². The number of carboxylic acid groups (broad SMARTS) is 1. The van der Waals surface area contributed by atoms with Crippen molar-refractivity contribution in [2.45, 2.75) is 12.8 Å². The van der Waals surface area contributed by atoms with Crippen LogP contribution in [0.3, 0.4) is 0 Å². The third kappa shape index (κ3) is 5.00. The van der Waals surface area contributed by atoms with Crippen LogP contribution in [0.1, 0.15) is 12.0 Å². The predicted molar refractivity (Wildman–Crippen MR) is 67.2 cm³/mol. The Morgan fingerprint density at radius 1 is 1.38 bits per heavy atom. The van der Waals surface area contributed by atoms with E-state index in [-0.39, 0.29) is 18.8 Å². The van der Waals surface area contributed by atoms with Gasteiger partial charge in [-0.3, -0.25) is 4.79 Å². The minimum Gasteiger partial charge on any atom is -0.481 e. The minimum absolute atomic E-state index is 0. The molecule has 0 aromatic heterocycles. The zero-order chi connectivity index (χ0) is 11.1. The second-order valence-electron chi connectivity index (χ2n) is 3.30. The number of nitrogens with two attached hydrogens (primary N) is 1. The van der Waals surface area contributed by atoms with Gasteiger partial charge in [0, 0.05) is 12.2 Å². The van der Waals surface area contributed by atoms with Crippen LogP contribution in [0.15, 0.2) is 24.3 Å². The summed E-state index contributed by atoms with van der Waals surface area (Å²) in [6.07, 6.45) is 0.924. The van der Waals surface area contributed by atoms with Crippen molar-refractivity contribution in [2.75, 3.05) is 18.4 Å². The van der Waals surface area contributed by atoms with E-state index in [4.69, 9.17) is 10.8 Å². The highest BCUT2D eigenvalue weighted by Gasteiger charge is 2.04. The molecule has 0 aliphatic carbocycles. The van der Waals surface area contributed by atoms with Crippen molar-refractivity contribution in [1.29, 1.82) is 0 Å². The average Bonchev–Trinajstić information content (AvgIpc) is 2.20. The molecule has 0 saturated heterocycles. The molecule has 1 rings (SSSR count). The van der Waals surface area contributed by atoms with Crippen molar-refractivity contribution in [1.82, 2.24) is 0 Å². The molecule has 4 N–H and O–H groups in total. The van der Waals surface area contributed by atoms with Gasteiger partial charge in [0.25, 0.3) is 0 Å². The molecule has 0 aliphatic rings. The first-order valence-corrected chi connectivity index (χ1v) is 4.97. The molecule has 1 aromatic carbocycles. The topological polar surface area (TPSA) is 75.3 Å². The summed E-state index contributed by atoms with van der Waals surface area (Å²) >= 11 is 0. The first kappa shape index (κ1) is 14.7. The van der Waals surface area contributed by atoms with Gasteiger partial charge in [0.05, 0.1) is 6.42 Å². The Kier molecular flexibility index (Phi) is 7.33. The number of anilines is 1. The van der Waals surface area contributed by atoms with E-state index in [2.05, 4.69) is 5.32 Å². The van der Waals surface area contributed by atoms with E-state index >= 15 is 0 Å². The Labute approximate surface area is 101 Å². The second-order valence-corrected chi connectivity index (χ2v) is 3.30. The van der Waals surface area contributed by atoms with E-state index in [9.17, 15) is 4.79 Å². The van der Waals surface area contributed by atoms with Crippen LogP contribution in [0.25, 0.3) is 0 Å². The molecule has 0 aliphatic heterocycles. The quantitative estimate of drug-likeness (QED) is 0.663. The third-order valence-electron chi connectivity index (χ3n) is 2.06. The van der Waals surface area contributed by atoms with Crippen LogP contribution in [0, 0.1) is 0 Å². The summed E-state index contributed by atoms with van der Waals surface area (Å²) in [5.74, 6) is -0.817. The molecular weight excluding hydrogens is 228 g/mol. The maximum atomic E-state index is 10.6. The Morgan fingerprint density at radius 3 is 2.69 bits per heavy atom. The maximum absolute atomic E-state index is 10.6. The van der Waals surface area contributed by atoms with E-state index in [0.717, 1.165) is 24.2 Å². The number of rotatable bonds is 6. The Balaban J connectivity index is 0.00000225. The molecule has 0 unspecified atom stereocenters. The normalized spacial score (nSPS) is 9.31. The van der Waals surface area contributed by atoms with E-state index < -0.39 is 5.97 Å². The van der Waals surface area contributed by atoms with Crippen molar-refractivity contribution in [2.24, 2.45) is 5.73 Å². The maximum Gasteiger partial charge on any atom is 0.307 e. The molecule has 0 amide bonds. The van der Waals surface area contributed by atoms with Gasteiger partial charge in [-0.15, -0.1) is 12.4 Å². The largest absolute Gasteiger partial charge is 0.481 e. The number of carboxylic acids is 1. The molecule has 0 fully saturated rings. The molecule has 1 aromatic rings. The van der Waals surface area contributed by atoms with Crippen LogP contribution in [0.2, 0.25) is 0 Å². The van der Waals surface area contributed by atoms with Crippen molar-refractivity contribution >= 4 is 24.1 Å². The van der Waals surface area contributed by atoms with Crippen molar-refractivity contribution in [3.63, 3.8) is 0 Å². The van der Waals surface area contributed by atoms with Crippen LogP contribution in [0.4, 0.5) is 5.69 Å². The zero-order valence-corrected chi connectivity index (χ0v) is 9.80. The molecule has 0 bridgehead atoms. The van der Waals surface area contributed by atoms with Crippen LogP contribution in [-0.4, -0.2) is 24.2 Å². The molecule has 5 heteroatoms. The summed E-state index contributed by atoms with van der Waals surface area (Å²) in [6, 6.07) is 7.43. The number of hydrogen-bond acceptors (Lipinski definition) is 3. The second kappa shape index (κ2) is 7.96. The van der Waals surface area contributed by atoms with Gasteiger partial charge in [0.15, 0.2) is 0 Å². The SMILES string of the molecule is Cl.NCCCNc1ccccc1CC(=O)O. The van der Waals surface area contributed by atoms with E-state index in [0.29, 0.717) is 6.54 Å². The molecule has 0 radical (unpaired) electrons. The van der Waals surface area contributed by atoms with Crippen molar-refractivity contribution in [3.05, 3.63) is 29.8 Å². The number of nitrogens with one attached hydrogen (secondary N) is 1. The number of halogens is 1. The van der Waals surface area contributed by atoms with Gasteiger partial charge in [0.1, 0.15) is 0 Å².